The maximum Gasteiger partial charge on any atom is 0.330 e. The molecule has 1 aromatic rings. The highest BCUT2D eigenvalue weighted by molar-refractivity contribution is 7.85. The molecule has 6 heteroatoms. The van der Waals surface area contributed by atoms with Crippen LogP contribution in [-0.4, -0.2) is 18.9 Å². The summed E-state index contributed by atoms with van der Waals surface area (Å²) in [5.74, 6) is -0.658. The Morgan fingerprint density at radius 1 is 1.53 bits per heavy atom. The van der Waals surface area contributed by atoms with E-state index in [1.165, 1.54) is 12.1 Å². The Morgan fingerprint density at radius 3 is 2.71 bits per heavy atom. The van der Waals surface area contributed by atoms with Crippen molar-refractivity contribution in [3.05, 3.63) is 42.0 Å². The summed E-state index contributed by atoms with van der Waals surface area (Å²) < 4.78 is 36.0. The zero-order valence-electron chi connectivity index (χ0n) is 9.21. The average Bonchev–Trinajstić information content (AvgIpc) is 2.25. The topological polar surface area (TPSA) is 80.7 Å². The van der Waals surface area contributed by atoms with Crippen LogP contribution >= 0.6 is 0 Å². The van der Waals surface area contributed by atoms with Crippen LogP contribution in [0.3, 0.4) is 0 Å². The number of carbonyl (C=O) groups excluding carboxylic acids is 1. The molecule has 0 unspecified atom stereocenters. The zero-order valence-corrected chi connectivity index (χ0v) is 10.0. The molecule has 0 saturated heterocycles. The van der Waals surface area contributed by atoms with E-state index in [-0.39, 0.29) is 17.1 Å². The summed E-state index contributed by atoms with van der Waals surface area (Å²) in [5.41, 5.74) is 0.863. The zero-order chi connectivity index (χ0) is 13.1. The van der Waals surface area contributed by atoms with Gasteiger partial charge in [-0.05, 0) is 18.6 Å². The number of benzene rings is 1. The van der Waals surface area contributed by atoms with E-state index in [9.17, 15) is 13.2 Å². The molecule has 5 nitrogen and oxygen atoms in total. The minimum atomic E-state index is -4.33. The van der Waals surface area contributed by atoms with Gasteiger partial charge in [0.1, 0.15) is 11.5 Å². The van der Waals surface area contributed by atoms with E-state index < -0.39 is 16.1 Å². The van der Waals surface area contributed by atoms with E-state index >= 15 is 0 Å². The lowest BCUT2D eigenvalue weighted by Gasteiger charge is -2.10. The second kappa shape index (κ2) is 5.11. The van der Waals surface area contributed by atoms with Crippen LogP contribution in [-0.2, 0) is 26.3 Å². The Hall–Kier alpha value is -1.66. The van der Waals surface area contributed by atoms with Gasteiger partial charge in [0.15, 0.2) is 0 Å². The van der Waals surface area contributed by atoms with Gasteiger partial charge >= 0.3 is 5.97 Å². The fraction of sp³-hybridized carbons (Fsp3) is 0.182. The number of aryl methyl sites for hydroxylation is 1. The predicted octanol–water partition coefficient (Wildman–Crippen LogP) is 1.47. The highest BCUT2D eigenvalue weighted by atomic mass is 32.2. The third-order valence-electron chi connectivity index (χ3n) is 2.17. The van der Waals surface area contributed by atoms with Crippen molar-refractivity contribution in [2.24, 2.45) is 0 Å². The highest BCUT2D eigenvalue weighted by Crippen LogP contribution is 2.20. The first kappa shape index (κ1) is 13.4. The van der Waals surface area contributed by atoms with E-state index in [1.807, 2.05) is 0 Å². The van der Waals surface area contributed by atoms with Gasteiger partial charge in [-0.3, -0.25) is 4.55 Å². The molecule has 1 aromatic carbocycles. The van der Waals surface area contributed by atoms with Crippen LogP contribution in [0.25, 0.3) is 0 Å². The second-order valence-electron chi connectivity index (χ2n) is 3.34. The third-order valence-corrected chi connectivity index (χ3v) is 3.11. The third kappa shape index (κ3) is 3.40. The van der Waals surface area contributed by atoms with Crippen molar-refractivity contribution in [1.82, 2.24) is 0 Å². The van der Waals surface area contributed by atoms with Crippen molar-refractivity contribution >= 4 is 16.1 Å². The first-order chi connectivity index (χ1) is 7.86. The lowest BCUT2D eigenvalue weighted by atomic mass is 10.1. The molecule has 17 heavy (non-hydrogen) atoms. The Balaban J connectivity index is 3.13. The van der Waals surface area contributed by atoms with Crippen LogP contribution < -0.4 is 0 Å². The van der Waals surface area contributed by atoms with Gasteiger partial charge < -0.3 is 4.74 Å². The maximum atomic E-state index is 11.1. The molecular weight excluding hydrogens is 244 g/mol. The number of hydrogen-bond donors (Lipinski definition) is 1. The van der Waals surface area contributed by atoms with Crippen molar-refractivity contribution in [2.45, 2.75) is 18.4 Å². The molecule has 92 valence electrons. The molecule has 0 aromatic heterocycles. The standard InChI is InChI=1S/C11H12O5S/c1-3-11(12)16-7-9-8(2)5-4-6-10(9)17(13,14)15/h3-6H,1,7H2,2H3,(H,13,14,15). The van der Waals surface area contributed by atoms with Crippen LogP contribution in [0.4, 0.5) is 0 Å². The number of rotatable bonds is 4. The van der Waals surface area contributed by atoms with Crippen LogP contribution in [0.2, 0.25) is 0 Å². The van der Waals surface area contributed by atoms with E-state index in [0.29, 0.717) is 5.56 Å². The summed E-state index contributed by atoms with van der Waals surface area (Å²) in [6.07, 6.45) is 0.978. The summed E-state index contributed by atoms with van der Waals surface area (Å²) in [4.78, 5) is 10.6. The number of esters is 1. The van der Waals surface area contributed by atoms with Crippen LogP contribution in [0.5, 0.6) is 0 Å². The molecule has 0 saturated carbocycles. The SMILES string of the molecule is C=CC(=O)OCc1c(C)cccc1S(=O)(=O)O. The summed E-state index contributed by atoms with van der Waals surface area (Å²) in [7, 11) is -4.33. The summed E-state index contributed by atoms with van der Waals surface area (Å²) in [5, 5.41) is 0. The minimum absolute atomic E-state index is 0.230. The van der Waals surface area contributed by atoms with Crippen molar-refractivity contribution in [3.63, 3.8) is 0 Å². The summed E-state index contributed by atoms with van der Waals surface area (Å²) in [6.45, 7) is 4.65. The second-order valence-corrected chi connectivity index (χ2v) is 4.73. The fourth-order valence-electron chi connectivity index (χ4n) is 1.30. The predicted molar refractivity (Wildman–Crippen MR) is 61.0 cm³/mol. The van der Waals surface area contributed by atoms with E-state index in [1.54, 1.807) is 13.0 Å². The lowest BCUT2D eigenvalue weighted by Crippen LogP contribution is -2.08. The highest BCUT2D eigenvalue weighted by Gasteiger charge is 2.17. The van der Waals surface area contributed by atoms with Crippen LogP contribution in [0, 0.1) is 6.92 Å². The first-order valence-electron chi connectivity index (χ1n) is 4.71. The Bertz CT molecular complexity index is 545. The fourth-order valence-corrected chi connectivity index (χ4v) is 2.09. The first-order valence-corrected chi connectivity index (χ1v) is 6.15. The number of ether oxygens (including phenoxy) is 1. The minimum Gasteiger partial charge on any atom is -0.458 e. The monoisotopic (exact) mass is 256 g/mol. The molecule has 0 aliphatic heterocycles. The van der Waals surface area contributed by atoms with Crippen molar-refractivity contribution in [1.29, 1.82) is 0 Å². The lowest BCUT2D eigenvalue weighted by molar-refractivity contribution is -0.139. The van der Waals surface area contributed by atoms with Crippen LogP contribution in [0.15, 0.2) is 35.7 Å². The van der Waals surface area contributed by atoms with E-state index in [0.717, 1.165) is 6.08 Å². The van der Waals surface area contributed by atoms with Crippen LogP contribution in [0.1, 0.15) is 11.1 Å². The molecule has 1 rings (SSSR count). The molecule has 0 bridgehead atoms. The van der Waals surface area contributed by atoms with Gasteiger partial charge in [-0.2, -0.15) is 8.42 Å². The molecule has 0 aliphatic carbocycles. The van der Waals surface area contributed by atoms with Gasteiger partial charge in [0.05, 0.1) is 0 Å². The van der Waals surface area contributed by atoms with Gasteiger partial charge in [0.25, 0.3) is 10.1 Å². The molecule has 0 heterocycles. The quantitative estimate of drug-likeness (QED) is 0.501. The van der Waals surface area contributed by atoms with Gasteiger partial charge in [-0.15, -0.1) is 0 Å². The molecule has 0 radical (unpaired) electrons. The van der Waals surface area contributed by atoms with Crippen molar-refractivity contribution < 1.29 is 22.5 Å². The molecule has 0 fully saturated rings. The maximum absolute atomic E-state index is 11.1. The molecule has 0 atom stereocenters. The molecular formula is C11H12O5S. The Morgan fingerprint density at radius 2 is 2.18 bits per heavy atom. The number of hydrogen-bond acceptors (Lipinski definition) is 4. The average molecular weight is 256 g/mol. The number of carbonyl (C=O) groups is 1. The summed E-state index contributed by atoms with van der Waals surface area (Å²) in [6, 6.07) is 4.41. The van der Waals surface area contributed by atoms with Crippen molar-refractivity contribution in [3.8, 4) is 0 Å². The molecule has 0 spiro atoms. The smallest absolute Gasteiger partial charge is 0.330 e. The Labute approximate surface area is 99.5 Å². The molecule has 0 aliphatic rings. The molecule has 0 amide bonds. The Kier molecular flexibility index (Phi) is 4.03. The van der Waals surface area contributed by atoms with Gasteiger partial charge in [-0.25, -0.2) is 4.79 Å². The van der Waals surface area contributed by atoms with Gasteiger partial charge in [0.2, 0.25) is 0 Å². The van der Waals surface area contributed by atoms with Gasteiger partial charge in [-0.1, -0.05) is 18.7 Å². The summed E-state index contributed by atoms with van der Waals surface area (Å²) >= 11 is 0. The van der Waals surface area contributed by atoms with E-state index in [4.69, 9.17) is 9.29 Å². The van der Waals surface area contributed by atoms with Crippen molar-refractivity contribution in [2.75, 3.05) is 0 Å². The molecule has 1 N–H and O–H groups in total. The van der Waals surface area contributed by atoms with E-state index in [2.05, 4.69) is 6.58 Å². The normalized spacial score (nSPS) is 10.9. The van der Waals surface area contributed by atoms with Gasteiger partial charge in [0, 0.05) is 11.6 Å². The largest absolute Gasteiger partial charge is 0.458 e.